The van der Waals surface area contributed by atoms with E-state index in [1.165, 1.54) is 0 Å². The molecule has 31 heavy (non-hydrogen) atoms. The lowest BCUT2D eigenvalue weighted by Gasteiger charge is -2.13. The van der Waals surface area contributed by atoms with Crippen molar-refractivity contribution in [1.82, 2.24) is 5.43 Å². The second-order valence-corrected chi connectivity index (χ2v) is 7.59. The van der Waals surface area contributed by atoms with Crippen molar-refractivity contribution < 1.29 is 9.47 Å². The van der Waals surface area contributed by atoms with Gasteiger partial charge in [-0.1, -0.05) is 35.9 Å². The smallest absolute Gasteiger partial charge is 0.191 e. The average molecular weight is 454 g/mol. The maximum atomic E-state index is 5.93. The molecule has 3 rings (SSSR count). The van der Waals surface area contributed by atoms with Crippen molar-refractivity contribution >= 4 is 40.8 Å². The molecule has 0 aliphatic carbocycles. The van der Waals surface area contributed by atoms with Crippen molar-refractivity contribution in [1.29, 1.82) is 0 Å². The van der Waals surface area contributed by atoms with E-state index in [2.05, 4.69) is 15.8 Å². The Balaban J connectivity index is 1.60. The number of aryl methyl sites for hydroxylation is 1. The Bertz CT molecular complexity index is 1050. The summed E-state index contributed by atoms with van der Waals surface area (Å²) < 4.78 is 11.7. The van der Waals surface area contributed by atoms with Crippen LogP contribution in [0.1, 0.15) is 23.6 Å². The van der Waals surface area contributed by atoms with Gasteiger partial charge in [-0.2, -0.15) is 5.10 Å². The molecule has 0 saturated heterocycles. The SMILES string of the molecule is CCOc1cc(/C=N/NC(=S)Nc2cccc(C)c2)ccc1OCc1ccc(Cl)cc1. The summed E-state index contributed by atoms with van der Waals surface area (Å²) in [7, 11) is 0. The average Bonchev–Trinajstić information content (AvgIpc) is 2.74. The third kappa shape index (κ3) is 7.27. The van der Waals surface area contributed by atoms with Crippen molar-refractivity contribution in [2.45, 2.75) is 20.5 Å². The van der Waals surface area contributed by atoms with Crippen LogP contribution in [0.3, 0.4) is 0 Å². The zero-order valence-corrected chi connectivity index (χ0v) is 19.0. The van der Waals surface area contributed by atoms with Gasteiger partial charge in [0.2, 0.25) is 0 Å². The summed E-state index contributed by atoms with van der Waals surface area (Å²) >= 11 is 11.2. The molecule has 0 radical (unpaired) electrons. The van der Waals surface area contributed by atoms with Gasteiger partial charge in [-0.25, -0.2) is 0 Å². The lowest BCUT2D eigenvalue weighted by Crippen LogP contribution is -2.23. The largest absolute Gasteiger partial charge is 0.490 e. The lowest BCUT2D eigenvalue weighted by molar-refractivity contribution is 0.269. The lowest BCUT2D eigenvalue weighted by atomic mass is 10.2. The molecule has 3 aromatic rings. The Morgan fingerprint density at radius 2 is 1.84 bits per heavy atom. The van der Waals surface area contributed by atoms with Crippen LogP contribution in [-0.4, -0.2) is 17.9 Å². The first-order valence-corrected chi connectivity index (χ1v) is 10.6. The topological polar surface area (TPSA) is 54.9 Å². The van der Waals surface area contributed by atoms with Gasteiger partial charge in [0.25, 0.3) is 0 Å². The molecule has 160 valence electrons. The number of rotatable bonds is 8. The maximum absolute atomic E-state index is 5.93. The van der Waals surface area contributed by atoms with E-state index in [1.807, 2.05) is 80.6 Å². The Morgan fingerprint density at radius 3 is 2.58 bits per heavy atom. The molecular formula is C24H24ClN3O2S. The number of hydrogen-bond donors (Lipinski definition) is 2. The predicted octanol–water partition coefficient (Wildman–Crippen LogP) is 5.95. The fourth-order valence-corrected chi connectivity index (χ4v) is 3.08. The minimum atomic E-state index is 0.412. The number of anilines is 1. The number of ether oxygens (including phenoxy) is 2. The normalized spacial score (nSPS) is 10.7. The molecule has 0 atom stereocenters. The Morgan fingerprint density at radius 1 is 1.03 bits per heavy atom. The molecule has 0 unspecified atom stereocenters. The van der Waals surface area contributed by atoms with Crippen molar-refractivity contribution in [2.75, 3.05) is 11.9 Å². The number of hydrazone groups is 1. The summed E-state index contributed by atoms with van der Waals surface area (Å²) in [4.78, 5) is 0. The van der Waals surface area contributed by atoms with E-state index in [9.17, 15) is 0 Å². The molecule has 0 spiro atoms. The van der Waals surface area contributed by atoms with Gasteiger partial charge in [-0.05, 0) is 85.2 Å². The summed E-state index contributed by atoms with van der Waals surface area (Å²) in [6.45, 7) is 4.91. The van der Waals surface area contributed by atoms with Gasteiger partial charge in [-0.15, -0.1) is 0 Å². The predicted molar refractivity (Wildman–Crippen MR) is 132 cm³/mol. The number of halogens is 1. The molecule has 3 aromatic carbocycles. The molecule has 0 aromatic heterocycles. The standard InChI is InChI=1S/C24H24ClN3O2S/c1-3-29-23-14-19(9-12-22(23)30-16-18-7-10-20(25)11-8-18)15-26-28-24(31)27-21-6-4-5-17(2)13-21/h4-15H,3,16H2,1-2H3,(H2,27,28,31)/b26-15+. The fraction of sp³-hybridized carbons (Fsp3) is 0.167. The molecule has 0 heterocycles. The van der Waals surface area contributed by atoms with E-state index in [4.69, 9.17) is 33.3 Å². The highest BCUT2D eigenvalue weighted by molar-refractivity contribution is 7.80. The number of benzene rings is 3. The quantitative estimate of drug-likeness (QED) is 0.251. The van der Waals surface area contributed by atoms with Crippen LogP contribution in [0.4, 0.5) is 5.69 Å². The van der Waals surface area contributed by atoms with Crippen LogP contribution in [0.2, 0.25) is 5.02 Å². The third-order valence-electron chi connectivity index (χ3n) is 4.23. The number of nitrogens with zero attached hydrogens (tertiary/aromatic N) is 1. The van der Waals surface area contributed by atoms with Crippen LogP contribution in [0.15, 0.2) is 71.8 Å². The van der Waals surface area contributed by atoms with Crippen LogP contribution in [0, 0.1) is 6.92 Å². The molecule has 0 bridgehead atoms. The van der Waals surface area contributed by atoms with E-state index in [0.29, 0.717) is 34.8 Å². The monoisotopic (exact) mass is 453 g/mol. The summed E-state index contributed by atoms with van der Waals surface area (Å²) in [5.41, 5.74) is 6.76. The Labute approximate surface area is 193 Å². The summed E-state index contributed by atoms with van der Waals surface area (Å²) in [6.07, 6.45) is 1.68. The highest BCUT2D eigenvalue weighted by Crippen LogP contribution is 2.29. The van der Waals surface area contributed by atoms with E-state index in [0.717, 1.165) is 22.4 Å². The van der Waals surface area contributed by atoms with Gasteiger partial charge in [-0.3, -0.25) is 5.43 Å². The second-order valence-electron chi connectivity index (χ2n) is 6.75. The van der Waals surface area contributed by atoms with E-state index in [1.54, 1.807) is 6.21 Å². The molecular weight excluding hydrogens is 430 g/mol. The number of thiocarbonyl (C=S) groups is 1. The molecule has 0 saturated carbocycles. The van der Waals surface area contributed by atoms with Crippen LogP contribution in [0.25, 0.3) is 0 Å². The first-order chi connectivity index (χ1) is 15.0. The first kappa shape index (κ1) is 22.6. The second kappa shape index (κ2) is 11.3. The zero-order chi connectivity index (χ0) is 22.1. The summed E-state index contributed by atoms with van der Waals surface area (Å²) in [6, 6.07) is 21.1. The Hall–Kier alpha value is -3.09. The van der Waals surface area contributed by atoms with Gasteiger partial charge in [0.05, 0.1) is 12.8 Å². The fourth-order valence-electron chi connectivity index (χ4n) is 2.78. The van der Waals surface area contributed by atoms with Gasteiger partial charge < -0.3 is 14.8 Å². The van der Waals surface area contributed by atoms with Crippen LogP contribution >= 0.6 is 23.8 Å². The van der Waals surface area contributed by atoms with Crippen LogP contribution in [-0.2, 0) is 6.61 Å². The molecule has 0 fully saturated rings. The van der Waals surface area contributed by atoms with Crippen LogP contribution in [0.5, 0.6) is 11.5 Å². The van der Waals surface area contributed by atoms with Crippen molar-refractivity contribution in [2.24, 2.45) is 5.10 Å². The van der Waals surface area contributed by atoms with Crippen molar-refractivity contribution in [3.8, 4) is 11.5 Å². The van der Waals surface area contributed by atoms with Gasteiger partial charge in [0.1, 0.15) is 6.61 Å². The van der Waals surface area contributed by atoms with Gasteiger partial charge >= 0.3 is 0 Å². The molecule has 0 aliphatic heterocycles. The molecule has 0 amide bonds. The van der Waals surface area contributed by atoms with E-state index in [-0.39, 0.29) is 0 Å². The zero-order valence-electron chi connectivity index (χ0n) is 17.4. The Kier molecular flexibility index (Phi) is 8.27. The van der Waals surface area contributed by atoms with Crippen molar-refractivity contribution in [3.63, 3.8) is 0 Å². The summed E-state index contributed by atoms with van der Waals surface area (Å²) in [5.74, 6) is 1.32. The molecule has 5 nitrogen and oxygen atoms in total. The highest BCUT2D eigenvalue weighted by atomic mass is 35.5. The minimum Gasteiger partial charge on any atom is -0.490 e. The molecule has 7 heteroatoms. The maximum Gasteiger partial charge on any atom is 0.191 e. The van der Waals surface area contributed by atoms with E-state index >= 15 is 0 Å². The molecule has 0 aliphatic rings. The minimum absolute atomic E-state index is 0.412. The summed E-state index contributed by atoms with van der Waals surface area (Å²) in [5, 5.41) is 8.41. The third-order valence-corrected chi connectivity index (χ3v) is 4.68. The van der Waals surface area contributed by atoms with E-state index < -0.39 is 0 Å². The molecule has 2 N–H and O–H groups in total. The van der Waals surface area contributed by atoms with Crippen molar-refractivity contribution in [3.05, 3.63) is 88.4 Å². The number of hydrogen-bond acceptors (Lipinski definition) is 4. The first-order valence-electron chi connectivity index (χ1n) is 9.84. The number of nitrogens with one attached hydrogen (secondary N) is 2. The van der Waals surface area contributed by atoms with Crippen LogP contribution < -0.4 is 20.2 Å². The van der Waals surface area contributed by atoms with Gasteiger partial charge in [0.15, 0.2) is 16.6 Å². The van der Waals surface area contributed by atoms with Gasteiger partial charge in [0, 0.05) is 10.7 Å². The highest BCUT2D eigenvalue weighted by Gasteiger charge is 2.07.